The maximum Gasteiger partial charge on any atom is 0.226 e. The number of carbonyl (C=O) groups excluding carboxylic acids is 1. The van der Waals surface area contributed by atoms with Gasteiger partial charge in [-0.1, -0.05) is 6.07 Å². The van der Waals surface area contributed by atoms with E-state index in [1.165, 1.54) is 6.07 Å². The van der Waals surface area contributed by atoms with Gasteiger partial charge in [0.2, 0.25) is 5.91 Å². The van der Waals surface area contributed by atoms with Gasteiger partial charge in [-0.3, -0.25) is 4.79 Å². The molecule has 0 aromatic heterocycles. The number of anilines is 1. The summed E-state index contributed by atoms with van der Waals surface area (Å²) in [7, 11) is 0. The second-order valence-corrected chi connectivity index (χ2v) is 4.85. The number of amides is 1. The molecule has 0 spiro atoms. The van der Waals surface area contributed by atoms with Crippen LogP contribution in [0.15, 0.2) is 18.2 Å². The summed E-state index contributed by atoms with van der Waals surface area (Å²) >= 11 is 0. The molecule has 0 unspecified atom stereocenters. The van der Waals surface area contributed by atoms with Gasteiger partial charge in [0.1, 0.15) is 5.82 Å². The number of rotatable bonds is 3. The highest BCUT2D eigenvalue weighted by atomic mass is 19.1. The molecule has 1 aromatic carbocycles. The number of nitrogens with one attached hydrogen (secondary N) is 1. The van der Waals surface area contributed by atoms with Gasteiger partial charge in [-0.15, -0.1) is 0 Å². The van der Waals surface area contributed by atoms with Crippen molar-refractivity contribution in [1.29, 1.82) is 0 Å². The van der Waals surface area contributed by atoms with Gasteiger partial charge in [-0.25, -0.2) is 4.39 Å². The third kappa shape index (κ3) is 2.64. The highest BCUT2D eigenvalue weighted by molar-refractivity contribution is 5.92. The summed E-state index contributed by atoms with van der Waals surface area (Å²) < 4.78 is 13.3. The number of carbonyl (C=O) groups is 1. The molecule has 1 amide bonds. The van der Waals surface area contributed by atoms with Crippen LogP contribution in [0.2, 0.25) is 0 Å². The van der Waals surface area contributed by atoms with Gasteiger partial charge in [0.25, 0.3) is 0 Å². The number of benzene rings is 1. The van der Waals surface area contributed by atoms with Crippen molar-refractivity contribution >= 4 is 11.6 Å². The van der Waals surface area contributed by atoms with E-state index in [0.717, 1.165) is 19.3 Å². The van der Waals surface area contributed by atoms with Crippen molar-refractivity contribution in [2.24, 2.45) is 5.73 Å². The molecule has 1 fully saturated rings. The Bertz CT molecular complexity index is 441. The van der Waals surface area contributed by atoms with E-state index in [1.807, 2.05) is 0 Å². The van der Waals surface area contributed by atoms with E-state index in [2.05, 4.69) is 5.32 Å². The maximum atomic E-state index is 13.3. The SMILES string of the molecule is Cc1c(F)cccc1NC(=O)CC1(N)CCC1. The largest absolute Gasteiger partial charge is 0.326 e. The van der Waals surface area contributed by atoms with Gasteiger partial charge in [0.05, 0.1) is 0 Å². The molecule has 2 rings (SSSR count). The van der Waals surface area contributed by atoms with Crippen LogP contribution in [0.5, 0.6) is 0 Å². The molecule has 0 heterocycles. The smallest absolute Gasteiger partial charge is 0.226 e. The van der Waals surface area contributed by atoms with Crippen LogP contribution in [-0.4, -0.2) is 11.4 Å². The average Bonchev–Trinajstić information content (AvgIpc) is 2.22. The van der Waals surface area contributed by atoms with E-state index in [4.69, 9.17) is 5.73 Å². The molecule has 4 heteroatoms. The summed E-state index contributed by atoms with van der Waals surface area (Å²) in [5.74, 6) is -0.449. The van der Waals surface area contributed by atoms with E-state index in [1.54, 1.807) is 19.1 Å². The summed E-state index contributed by atoms with van der Waals surface area (Å²) in [6.45, 7) is 1.65. The lowest BCUT2D eigenvalue weighted by Gasteiger charge is -2.37. The summed E-state index contributed by atoms with van der Waals surface area (Å²) in [4.78, 5) is 11.8. The Morgan fingerprint density at radius 2 is 2.24 bits per heavy atom. The third-order valence-corrected chi connectivity index (χ3v) is 3.40. The summed E-state index contributed by atoms with van der Waals surface area (Å²) in [5.41, 5.74) is 6.63. The molecule has 1 saturated carbocycles. The molecule has 3 nitrogen and oxygen atoms in total. The zero-order chi connectivity index (χ0) is 12.5. The minimum atomic E-state index is -0.342. The molecule has 17 heavy (non-hydrogen) atoms. The van der Waals surface area contributed by atoms with Crippen molar-refractivity contribution in [3.05, 3.63) is 29.6 Å². The lowest BCUT2D eigenvalue weighted by Crippen LogP contribution is -2.48. The van der Waals surface area contributed by atoms with E-state index >= 15 is 0 Å². The molecule has 0 atom stereocenters. The normalized spacial score (nSPS) is 17.4. The third-order valence-electron chi connectivity index (χ3n) is 3.40. The van der Waals surface area contributed by atoms with Gasteiger partial charge in [-0.05, 0) is 38.3 Å². The van der Waals surface area contributed by atoms with Crippen LogP contribution in [-0.2, 0) is 4.79 Å². The highest BCUT2D eigenvalue weighted by Gasteiger charge is 2.34. The van der Waals surface area contributed by atoms with Gasteiger partial charge in [0.15, 0.2) is 0 Å². The Labute approximate surface area is 100 Å². The Morgan fingerprint density at radius 3 is 2.82 bits per heavy atom. The molecule has 0 aliphatic heterocycles. The van der Waals surface area contributed by atoms with Gasteiger partial charge < -0.3 is 11.1 Å². The minimum Gasteiger partial charge on any atom is -0.326 e. The Hall–Kier alpha value is -1.42. The van der Waals surface area contributed by atoms with Crippen molar-refractivity contribution in [2.45, 2.75) is 38.1 Å². The standard InChI is InChI=1S/C13H17FN2O/c1-9-10(14)4-2-5-11(9)16-12(17)8-13(15)6-3-7-13/h2,4-5H,3,6-8,15H2,1H3,(H,16,17). The monoisotopic (exact) mass is 236 g/mol. The fourth-order valence-corrected chi connectivity index (χ4v) is 2.06. The fraction of sp³-hybridized carbons (Fsp3) is 0.462. The van der Waals surface area contributed by atoms with Crippen molar-refractivity contribution in [3.63, 3.8) is 0 Å². The zero-order valence-electron chi connectivity index (χ0n) is 9.92. The van der Waals surface area contributed by atoms with Gasteiger partial charge >= 0.3 is 0 Å². The van der Waals surface area contributed by atoms with Crippen LogP contribution < -0.4 is 11.1 Å². The lowest BCUT2D eigenvalue weighted by atomic mass is 9.75. The number of hydrogen-bond acceptors (Lipinski definition) is 2. The quantitative estimate of drug-likeness (QED) is 0.846. The molecule has 92 valence electrons. The summed E-state index contributed by atoms with van der Waals surface area (Å²) in [5, 5.41) is 2.72. The Morgan fingerprint density at radius 1 is 1.53 bits per heavy atom. The van der Waals surface area contributed by atoms with Crippen LogP contribution in [0.25, 0.3) is 0 Å². The molecule has 1 aliphatic carbocycles. The predicted octanol–water partition coefficient (Wildman–Crippen LogP) is 2.34. The van der Waals surface area contributed by atoms with Crippen LogP contribution >= 0.6 is 0 Å². The Kier molecular flexibility index (Phi) is 3.15. The topological polar surface area (TPSA) is 55.1 Å². The molecule has 0 radical (unpaired) electrons. The van der Waals surface area contributed by atoms with E-state index < -0.39 is 0 Å². The second kappa shape index (κ2) is 4.45. The molecule has 3 N–H and O–H groups in total. The number of hydrogen-bond donors (Lipinski definition) is 2. The van der Waals surface area contributed by atoms with Crippen LogP contribution in [0.3, 0.4) is 0 Å². The van der Waals surface area contributed by atoms with E-state index in [0.29, 0.717) is 17.7 Å². The van der Waals surface area contributed by atoms with Crippen molar-refractivity contribution in [1.82, 2.24) is 0 Å². The molecular weight excluding hydrogens is 219 g/mol. The average molecular weight is 236 g/mol. The molecule has 0 bridgehead atoms. The highest BCUT2D eigenvalue weighted by Crippen LogP contribution is 2.32. The number of nitrogens with two attached hydrogens (primary N) is 1. The number of halogens is 1. The van der Waals surface area contributed by atoms with Crippen molar-refractivity contribution in [2.75, 3.05) is 5.32 Å². The predicted molar refractivity (Wildman–Crippen MR) is 65.2 cm³/mol. The van der Waals surface area contributed by atoms with Gasteiger partial charge in [0, 0.05) is 23.2 Å². The first-order valence-electron chi connectivity index (χ1n) is 5.84. The van der Waals surface area contributed by atoms with Gasteiger partial charge in [-0.2, -0.15) is 0 Å². The first-order chi connectivity index (χ1) is 8.00. The van der Waals surface area contributed by atoms with Crippen LogP contribution in [0.4, 0.5) is 10.1 Å². The summed E-state index contributed by atoms with van der Waals surface area (Å²) in [6.07, 6.45) is 3.18. The van der Waals surface area contributed by atoms with Crippen LogP contribution in [0.1, 0.15) is 31.2 Å². The van der Waals surface area contributed by atoms with Crippen molar-refractivity contribution in [3.8, 4) is 0 Å². The van der Waals surface area contributed by atoms with Crippen molar-refractivity contribution < 1.29 is 9.18 Å². The fourth-order valence-electron chi connectivity index (χ4n) is 2.06. The molecule has 1 aromatic rings. The Balaban J connectivity index is 2.00. The van der Waals surface area contributed by atoms with Crippen LogP contribution in [0, 0.1) is 12.7 Å². The lowest BCUT2D eigenvalue weighted by molar-refractivity contribution is -0.118. The first kappa shape index (κ1) is 12.0. The first-order valence-corrected chi connectivity index (χ1v) is 5.84. The summed E-state index contributed by atoms with van der Waals surface area (Å²) in [6, 6.07) is 4.65. The zero-order valence-corrected chi connectivity index (χ0v) is 9.92. The maximum absolute atomic E-state index is 13.3. The van der Waals surface area contributed by atoms with E-state index in [9.17, 15) is 9.18 Å². The molecule has 1 aliphatic rings. The van der Waals surface area contributed by atoms with E-state index in [-0.39, 0.29) is 17.3 Å². The second-order valence-electron chi connectivity index (χ2n) is 4.85. The minimum absolute atomic E-state index is 0.138. The molecular formula is C13H17FN2O. The molecule has 0 saturated heterocycles.